The van der Waals surface area contributed by atoms with E-state index in [-0.39, 0.29) is 24.8 Å². The summed E-state index contributed by atoms with van der Waals surface area (Å²) in [7, 11) is 0. The van der Waals surface area contributed by atoms with Crippen LogP contribution in [0.5, 0.6) is 0 Å². The van der Waals surface area contributed by atoms with Gasteiger partial charge in [-0.05, 0) is 0 Å². The average molecular weight is 903 g/mol. The van der Waals surface area contributed by atoms with E-state index in [1.165, 1.54) is 35.1 Å². The van der Waals surface area contributed by atoms with E-state index in [4.69, 9.17) is 0 Å². The maximum Gasteiger partial charge on any atom is -0.147 e. The third-order valence-electron chi connectivity index (χ3n) is 8.21. The molecular weight excluding hydrogens is 860 g/mol. The van der Waals surface area contributed by atoms with E-state index >= 15 is 0 Å². The number of hydrogen-bond acceptors (Lipinski definition) is 0. The Morgan fingerprint density at radius 2 is 0.975 bits per heavy atom. The topological polar surface area (TPSA) is 0 Å². The molecule has 0 nitrogen and oxygen atoms in total. The molecule has 0 heterocycles. The molecule has 0 amide bonds. The summed E-state index contributed by atoms with van der Waals surface area (Å²) in [6.07, 6.45) is 21.5. The fourth-order valence-corrected chi connectivity index (χ4v) is 29.9. The molecule has 208 valence electrons. The minimum atomic E-state index is -1.90. The molecule has 4 heteroatoms. The Bertz CT molecular complexity index is 1400. The fourth-order valence-electron chi connectivity index (χ4n) is 6.55. The summed E-state index contributed by atoms with van der Waals surface area (Å²) in [5.74, 6) is 0. The number of allylic oxidation sites excluding steroid dienone is 12. The van der Waals surface area contributed by atoms with Gasteiger partial charge in [0.15, 0.2) is 0 Å². The van der Waals surface area contributed by atoms with Crippen molar-refractivity contribution in [2.24, 2.45) is 0 Å². The van der Waals surface area contributed by atoms with Crippen molar-refractivity contribution in [2.75, 3.05) is 0 Å². The number of fused-ring (bicyclic) bond motifs is 2. The van der Waals surface area contributed by atoms with E-state index in [0.717, 1.165) is 7.35 Å². The molecule has 0 saturated heterocycles. The maximum atomic E-state index is 2.55. The van der Waals surface area contributed by atoms with Crippen LogP contribution in [0.4, 0.5) is 0 Å². The van der Waals surface area contributed by atoms with E-state index < -0.39 is 41.9 Å². The van der Waals surface area contributed by atoms with Gasteiger partial charge in [-0.15, -0.1) is 24.8 Å². The van der Waals surface area contributed by atoms with Gasteiger partial charge in [0.2, 0.25) is 0 Å². The summed E-state index contributed by atoms with van der Waals surface area (Å²) in [6.45, 7) is 14.0. The fraction of sp³-hybridized carbons (Fsp3) is 0.278. The van der Waals surface area contributed by atoms with Crippen molar-refractivity contribution in [1.29, 1.82) is 0 Å². The zero-order valence-corrected chi connectivity index (χ0v) is 33.4. The molecule has 2 atom stereocenters. The van der Waals surface area contributed by atoms with Crippen LogP contribution < -0.4 is 0 Å². The van der Waals surface area contributed by atoms with Crippen molar-refractivity contribution in [2.45, 2.75) is 61.7 Å². The Morgan fingerprint density at radius 3 is 1.30 bits per heavy atom. The van der Waals surface area contributed by atoms with Gasteiger partial charge in [0.25, 0.3) is 0 Å². The second-order valence-corrected chi connectivity index (χ2v) is 33.5. The molecule has 0 aliphatic heterocycles. The summed E-state index contributed by atoms with van der Waals surface area (Å²) < 4.78 is 8.47. The third-order valence-corrected chi connectivity index (χ3v) is 31.5. The van der Waals surface area contributed by atoms with E-state index in [0.29, 0.717) is 0 Å². The van der Waals surface area contributed by atoms with Crippen LogP contribution in [0.1, 0.15) is 84.0 Å². The molecule has 0 saturated carbocycles. The van der Waals surface area contributed by atoms with Crippen LogP contribution in [-0.4, -0.2) is 6.51 Å². The van der Waals surface area contributed by atoms with Crippen LogP contribution in [0.25, 0.3) is 11.1 Å². The third kappa shape index (κ3) is 6.94. The molecule has 4 aliphatic rings. The van der Waals surface area contributed by atoms with Crippen molar-refractivity contribution in [3.05, 3.63) is 126 Å². The van der Waals surface area contributed by atoms with Gasteiger partial charge >= 0.3 is 247 Å². The SMILES string of the molecule is CC1=C[CH]([Hf]([C]2=CC=CC2)=[C](C)C)c2ccccc21.CC1=C[CH]([Hf]([C]2=CC=CC2)=[C](C)C)c2ccccc21.Cl.Cl. The molecular formula is C36H42Cl2Hf2. The van der Waals surface area contributed by atoms with Gasteiger partial charge in [0.05, 0.1) is 0 Å². The molecule has 2 unspecified atom stereocenters. The largest absolute Gasteiger partial charge is 0.147 e. The Morgan fingerprint density at radius 1 is 0.600 bits per heavy atom. The van der Waals surface area contributed by atoms with Crippen LogP contribution in [0, 0.1) is 0 Å². The van der Waals surface area contributed by atoms with Crippen LogP contribution in [-0.2, 0) is 41.9 Å². The molecule has 0 bridgehead atoms. The number of halogens is 2. The van der Waals surface area contributed by atoms with E-state index in [2.05, 4.69) is 139 Å². The van der Waals surface area contributed by atoms with E-state index in [1.807, 2.05) is 0 Å². The first-order valence-corrected chi connectivity index (χ1v) is 25.3. The summed E-state index contributed by atoms with van der Waals surface area (Å²) in [5.41, 5.74) is 9.13. The van der Waals surface area contributed by atoms with Gasteiger partial charge in [-0.1, -0.05) is 0 Å². The molecule has 0 spiro atoms. The summed E-state index contributed by atoms with van der Waals surface area (Å²) in [6, 6.07) is 18.0. The first kappa shape index (κ1) is 33.4. The van der Waals surface area contributed by atoms with Crippen molar-refractivity contribution in [3.8, 4) is 0 Å². The van der Waals surface area contributed by atoms with Gasteiger partial charge in [0, 0.05) is 0 Å². The van der Waals surface area contributed by atoms with E-state index in [9.17, 15) is 0 Å². The van der Waals surface area contributed by atoms with Crippen LogP contribution in [0.2, 0.25) is 0 Å². The van der Waals surface area contributed by atoms with Crippen molar-refractivity contribution in [3.63, 3.8) is 0 Å². The Kier molecular flexibility index (Phi) is 12.5. The standard InChI is InChI=1S/2C10H9.2C5H5.2C3H6.2ClH.2Hf/c2*1-8-6-7-9-4-2-3-5-10(8)9;2*1-2-4-5-3-1;2*1-3-2;;;;/h2*2-7H,1H3;2*1-3H,4H2;2*1-2H3;2*1H;;. The monoisotopic (exact) mass is 904 g/mol. The Balaban J connectivity index is 0.000000210. The summed E-state index contributed by atoms with van der Waals surface area (Å²) >= 11 is -3.80. The zero-order valence-electron chi connectivity index (χ0n) is 24.6. The smallest absolute Gasteiger partial charge is 0.147 e. The second-order valence-electron chi connectivity index (χ2n) is 11.3. The predicted molar refractivity (Wildman–Crippen MR) is 177 cm³/mol. The second kappa shape index (κ2) is 14.9. The molecule has 0 aromatic heterocycles. The van der Waals surface area contributed by atoms with Gasteiger partial charge < -0.3 is 0 Å². The quantitative estimate of drug-likeness (QED) is 0.268. The van der Waals surface area contributed by atoms with Crippen LogP contribution in [0.15, 0.2) is 104 Å². The first-order valence-electron chi connectivity index (χ1n) is 14.0. The zero-order chi connectivity index (χ0) is 26.8. The Hall–Kier alpha value is -1.06. The van der Waals surface area contributed by atoms with Crippen LogP contribution in [0.3, 0.4) is 0 Å². The molecule has 0 fully saturated rings. The average Bonchev–Trinajstić information content (AvgIpc) is 3.71. The normalized spacial score (nSPS) is 19.1. The number of benzene rings is 2. The molecule has 4 aliphatic carbocycles. The minimum Gasteiger partial charge on any atom is -0.147 e. The maximum absolute atomic E-state index is 2.55. The Labute approximate surface area is 269 Å². The molecule has 2 aromatic rings. The molecule has 6 rings (SSSR count). The molecule has 0 N–H and O–H groups in total. The van der Waals surface area contributed by atoms with E-state index in [1.54, 1.807) is 24.3 Å². The summed E-state index contributed by atoms with van der Waals surface area (Å²) in [5, 5.41) is 0. The summed E-state index contributed by atoms with van der Waals surface area (Å²) in [4.78, 5) is 0. The number of rotatable bonds is 4. The van der Waals surface area contributed by atoms with Gasteiger partial charge in [-0.25, -0.2) is 0 Å². The molecule has 0 radical (unpaired) electrons. The van der Waals surface area contributed by atoms with Crippen molar-refractivity contribution in [1.82, 2.24) is 0 Å². The number of hydrogen-bond donors (Lipinski definition) is 0. The van der Waals surface area contributed by atoms with Crippen molar-refractivity contribution < 1.29 is 41.9 Å². The van der Waals surface area contributed by atoms with Crippen LogP contribution >= 0.6 is 24.8 Å². The van der Waals surface area contributed by atoms with Crippen molar-refractivity contribution >= 4 is 42.5 Å². The molecule has 2 aromatic carbocycles. The first-order chi connectivity index (χ1) is 18.4. The predicted octanol–water partition coefficient (Wildman–Crippen LogP) is 10.5. The van der Waals surface area contributed by atoms with Gasteiger partial charge in [-0.3, -0.25) is 0 Å². The van der Waals surface area contributed by atoms with Gasteiger partial charge in [0.1, 0.15) is 0 Å². The van der Waals surface area contributed by atoms with Gasteiger partial charge in [-0.2, -0.15) is 0 Å². The minimum absolute atomic E-state index is 0. The molecule has 40 heavy (non-hydrogen) atoms.